The first-order valence-corrected chi connectivity index (χ1v) is 7.96. The number of hydrogen-bond donors (Lipinski definition) is 2. The van der Waals surface area contributed by atoms with Crippen LogP contribution >= 0.6 is 12.4 Å². The zero-order chi connectivity index (χ0) is 16.4. The smallest absolute Gasteiger partial charge is 0.239 e. The summed E-state index contributed by atoms with van der Waals surface area (Å²) in [4.78, 5) is 25.8. The molecule has 3 N–H and O–H groups in total. The van der Waals surface area contributed by atoms with Crippen LogP contribution in [0.4, 0.5) is 5.69 Å². The summed E-state index contributed by atoms with van der Waals surface area (Å²) in [5.74, 6) is -0.0976. The van der Waals surface area contributed by atoms with Crippen LogP contribution in [0.2, 0.25) is 0 Å². The average molecular weight is 342 g/mol. The van der Waals surface area contributed by atoms with E-state index in [2.05, 4.69) is 5.32 Å². The molecule has 0 spiro atoms. The van der Waals surface area contributed by atoms with Gasteiger partial charge in [-0.3, -0.25) is 9.59 Å². The molecule has 1 aromatic carbocycles. The number of carbonyl (C=O) groups excluding carboxylic acids is 2. The highest BCUT2D eigenvalue weighted by molar-refractivity contribution is 5.85. The minimum atomic E-state index is -0.0946. The van der Waals surface area contributed by atoms with Crippen molar-refractivity contribution in [1.29, 1.82) is 0 Å². The highest BCUT2D eigenvalue weighted by Crippen LogP contribution is 2.13. The van der Waals surface area contributed by atoms with Gasteiger partial charge in [-0.15, -0.1) is 12.4 Å². The maximum atomic E-state index is 12.3. The Balaban J connectivity index is 0.00000484. The van der Waals surface area contributed by atoms with Crippen LogP contribution in [0.5, 0.6) is 0 Å². The highest BCUT2D eigenvalue weighted by Gasteiger charge is 2.16. The third-order valence-corrected chi connectivity index (χ3v) is 3.42. The molecule has 0 fully saturated rings. The van der Waals surface area contributed by atoms with Crippen molar-refractivity contribution >= 4 is 29.9 Å². The molecule has 0 heterocycles. The summed E-state index contributed by atoms with van der Waals surface area (Å²) in [6.45, 7) is 5.38. The zero-order valence-corrected chi connectivity index (χ0v) is 14.8. The van der Waals surface area contributed by atoms with Crippen LogP contribution in [-0.4, -0.2) is 36.3 Å². The van der Waals surface area contributed by atoms with Gasteiger partial charge in [-0.2, -0.15) is 0 Å². The van der Waals surface area contributed by atoms with Gasteiger partial charge >= 0.3 is 0 Å². The molecule has 2 amide bonds. The first kappa shape index (κ1) is 21.2. The number of nitrogens with two attached hydrogens (primary N) is 1. The molecule has 0 saturated heterocycles. The van der Waals surface area contributed by atoms with Crippen LogP contribution in [0.3, 0.4) is 0 Å². The van der Waals surface area contributed by atoms with E-state index < -0.39 is 0 Å². The summed E-state index contributed by atoms with van der Waals surface area (Å²) < 4.78 is 0. The fourth-order valence-electron chi connectivity index (χ4n) is 2.22. The van der Waals surface area contributed by atoms with Crippen molar-refractivity contribution < 1.29 is 9.59 Å². The Bertz CT molecular complexity index is 494. The van der Waals surface area contributed by atoms with E-state index in [4.69, 9.17) is 5.73 Å². The number of rotatable bonds is 9. The lowest BCUT2D eigenvalue weighted by Crippen LogP contribution is -2.41. The van der Waals surface area contributed by atoms with E-state index in [1.54, 1.807) is 4.90 Å². The van der Waals surface area contributed by atoms with Crippen molar-refractivity contribution in [1.82, 2.24) is 10.2 Å². The van der Waals surface area contributed by atoms with Crippen molar-refractivity contribution in [2.24, 2.45) is 0 Å². The number of para-hydroxylation sites is 1. The molecule has 0 aromatic heterocycles. The van der Waals surface area contributed by atoms with Crippen molar-refractivity contribution in [3.8, 4) is 0 Å². The Kier molecular flexibility index (Phi) is 10.9. The SMILES string of the molecule is CCCNC(=O)CN(CCC)C(=O)CCc1ccccc1N.Cl. The molecule has 0 aliphatic heterocycles. The molecule has 0 aliphatic rings. The van der Waals surface area contributed by atoms with E-state index >= 15 is 0 Å². The summed E-state index contributed by atoms with van der Waals surface area (Å²) in [6.07, 6.45) is 2.69. The van der Waals surface area contributed by atoms with Crippen molar-refractivity contribution in [3.05, 3.63) is 29.8 Å². The predicted molar refractivity (Wildman–Crippen MR) is 96.6 cm³/mol. The fourth-order valence-corrected chi connectivity index (χ4v) is 2.22. The Labute approximate surface area is 145 Å². The quantitative estimate of drug-likeness (QED) is 0.677. The molecule has 6 heteroatoms. The molecule has 0 aliphatic carbocycles. The van der Waals surface area contributed by atoms with Gasteiger partial charge in [0.25, 0.3) is 0 Å². The lowest BCUT2D eigenvalue weighted by molar-refractivity contribution is -0.136. The largest absolute Gasteiger partial charge is 0.399 e. The summed E-state index contributed by atoms with van der Waals surface area (Å²) in [5.41, 5.74) is 7.57. The number of benzene rings is 1. The molecule has 0 unspecified atom stereocenters. The Hall–Kier alpha value is -1.75. The molecule has 130 valence electrons. The van der Waals surface area contributed by atoms with Crippen LogP contribution in [0, 0.1) is 0 Å². The molecule has 0 saturated carbocycles. The molecule has 23 heavy (non-hydrogen) atoms. The third-order valence-electron chi connectivity index (χ3n) is 3.42. The average Bonchev–Trinajstić information content (AvgIpc) is 2.51. The van der Waals surface area contributed by atoms with E-state index in [1.165, 1.54) is 0 Å². The molecule has 1 rings (SSSR count). The number of amides is 2. The van der Waals surface area contributed by atoms with Gasteiger partial charge in [-0.05, 0) is 30.9 Å². The number of hydrogen-bond acceptors (Lipinski definition) is 3. The van der Waals surface area contributed by atoms with Gasteiger partial charge < -0.3 is 16.0 Å². The fraction of sp³-hybridized carbons (Fsp3) is 0.529. The van der Waals surface area contributed by atoms with E-state index in [9.17, 15) is 9.59 Å². The summed E-state index contributed by atoms with van der Waals surface area (Å²) in [5, 5.41) is 2.81. The number of nitrogens with zero attached hydrogens (tertiary/aromatic N) is 1. The van der Waals surface area contributed by atoms with Gasteiger partial charge in [0.05, 0.1) is 6.54 Å². The molecule has 0 bridgehead atoms. The zero-order valence-electron chi connectivity index (χ0n) is 14.0. The number of nitrogen functional groups attached to an aromatic ring is 1. The van der Waals surface area contributed by atoms with Crippen molar-refractivity contribution in [3.63, 3.8) is 0 Å². The van der Waals surface area contributed by atoms with Gasteiger partial charge in [0.2, 0.25) is 11.8 Å². The van der Waals surface area contributed by atoms with Crippen molar-refractivity contribution in [2.75, 3.05) is 25.4 Å². The number of halogens is 1. The second-order valence-corrected chi connectivity index (χ2v) is 5.36. The first-order chi connectivity index (χ1) is 10.6. The van der Waals surface area contributed by atoms with E-state index in [1.807, 2.05) is 38.1 Å². The van der Waals surface area contributed by atoms with Gasteiger partial charge in [-0.1, -0.05) is 32.0 Å². The summed E-state index contributed by atoms with van der Waals surface area (Å²) in [7, 11) is 0. The Morgan fingerprint density at radius 3 is 2.48 bits per heavy atom. The predicted octanol–water partition coefficient (Wildman–Crippen LogP) is 2.39. The maximum Gasteiger partial charge on any atom is 0.239 e. The molecule has 0 atom stereocenters. The number of nitrogens with one attached hydrogen (secondary N) is 1. The van der Waals surface area contributed by atoms with E-state index in [-0.39, 0.29) is 30.8 Å². The topological polar surface area (TPSA) is 75.4 Å². The van der Waals surface area contributed by atoms with Crippen LogP contribution in [0.25, 0.3) is 0 Å². The minimum absolute atomic E-state index is 0. The monoisotopic (exact) mass is 341 g/mol. The van der Waals surface area contributed by atoms with E-state index in [0.29, 0.717) is 31.6 Å². The Morgan fingerprint density at radius 1 is 1.17 bits per heavy atom. The normalized spacial score (nSPS) is 9.83. The van der Waals surface area contributed by atoms with Crippen molar-refractivity contribution in [2.45, 2.75) is 39.5 Å². The van der Waals surface area contributed by atoms with Gasteiger partial charge in [0, 0.05) is 25.2 Å². The number of anilines is 1. The number of aryl methyl sites for hydroxylation is 1. The molecular formula is C17H28ClN3O2. The lowest BCUT2D eigenvalue weighted by Gasteiger charge is -2.21. The Morgan fingerprint density at radius 2 is 1.87 bits per heavy atom. The van der Waals surface area contributed by atoms with Crippen LogP contribution in [0.1, 0.15) is 38.7 Å². The van der Waals surface area contributed by atoms with Crippen LogP contribution in [-0.2, 0) is 16.0 Å². The van der Waals surface area contributed by atoms with Gasteiger partial charge in [0.1, 0.15) is 0 Å². The molecule has 0 radical (unpaired) electrons. The lowest BCUT2D eigenvalue weighted by atomic mass is 10.1. The third kappa shape index (κ3) is 7.88. The van der Waals surface area contributed by atoms with Crippen LogP contribution in [0.15, 0.2) is 24.3 Å². The second kappa shape index (κ2) is 11.8. The number of carbonyl (C=O) groups is 2. The summed E-state index contributed by atoms with van der Waals surface area (Å²) >= 11 is 0. The standard InChI is InChI=1S/C17H27N3O2.ClH/c1-3-11-19-16(21)13-20(12-4-2)17(22)10-9-14-7-5-6-8-15(14)18;/h5-8H,3-4,9-13,18H2,1-2H3,(H,19,21);1H. The maximum absolute atomic E-state index is 12.3. The van der Waals surface area contributed by atoms with E-state index in [0.717, 1.165) is 18.4 Å². The summed E-state index contributed by atoms with van der Waals surface area (Å²) in [6, 6.07) is 7.56. The molecular weight excluding hydrogens is 314 g/mol. The minimum Gasteiger partial charge on any atom is -0.399 e. The van der Waals surface area contributed by atoms with Crippen LogP contribution < -0.4 is 11.1 Å². The highest BCUT2D eigenvalue weighted by atomic mass is 35.5. The molecule has 5 nitrogen and oxygen atoms in total. The van der Waals surface area contributed by atoms with Gasteiger partial charge in [-0.25, -0.2) is 0 Å². The van der Waals surface area contributed by atoms with Gasteiger partial charge in [0.15, 0.2) is 0 Å². The molecule has 1 aromatic rings. The second-order valence-electron chi connectivity index (χ2n) is 5.36. The first-order valence-electron chi connectivity index (χ1n) is 7.96.